The van der Waals surface area contributed by atoms with Gasteiger partial charge >= 0.3 is 0 Å². The van der Waals surface area contributed by atoms with Crippen molar-refractivity contribution in [1.29, 1.82) is 0 Å². The van der Waals surface area contributed by atoms with Crippen LogP contribution in [0.3, 0.4) is 0 Å². The van der Waals surface area contributed by atoms with Gasteiger partial charge in [-0.2, -0.15) is 4.98 Å². The number of phenolic OH excluding ortho intramolecular Hbond substituents is 1. The summed E-state index contributed by atoms with van der Waals surface area (Å²) >= 11 is 0. The highest BCUT2D eigenvalue weighted by atomic mass is 16.3. The second-order valence-electron chi connectivity index (χ2n) is 9.17. The van der Waals surface area contributed by atoms with Gasteiger partial charge in [0.25, 0.3) is 0 Å². The third-order valence-corrected chi connectivity index (χ3v) is 4.58. The summed E-state index contributed by atoms with van der Waals surface area (Å²) in [7, 11) is 0. The molecule has 0 aliphatic carbocycles. The molecule has 1 heterocycles. The monoisotopic (exact) mass is 391 g/mol. The largest absolute Gasteiger partial charge is 0.507 e. The molecule has 0 atom stereocenters. The van der Waals surface area contributed by atoms with E-state index in [-0.39, 0.29) is 10.8 Å². The molecule has 0 aliphatic rings. The Kier molecular flexibility index (Phi) is 5.46. The number of aromatic hydroxyl groups is 1. The third-order valence-electron chi connectivity index (χ3n) is 4.58. The molecule has 3 aromatic rings. The van der Waals surface area contributed by atoms with Crippen LogP contribution in [0.15, 0.2) is 48.8 Å². The van der Waals surface area contributed by atoms with E-state index in [0.717, 1.165) is 22.5 Å². The summed E-state index contributed by atoms with van der Waals surface area (Å²) < 4.78 is 0. The Labute approximate surface area is 172 Å². The van der Waals surface area contributed by atoms with E-state index in [0.29, 0.717) is 17.6 Å². The maximum Gasteiger partial charge on any atom is 0.232 e. The number of para-hydroxylation sites is 1. The highest BCUT2D eigenvalue weighted by molar-refractivity contribution is 5.63. The Hall–Kier alpha value is -3.15. The van der Waals surface area contributed by atoms with Crippen molar-refractivity contribution >= 4 is 23.3 Å². The van der Waals surface area contributed by atoms with Crippen LogP contribution in [0.4, 0.5) is 23.3 Å². The van der Waals surface area contributed by atoms with Crippen molar-refractivity contribution in [3.63, 3.8) is 0 Å². The number of benzene rings is 2. The lowest BCUT2D eigenvalue weighted by Crippen LogP contribution is -2.17. The average Bonchev–Trinajstić information content (AvgIpc) is 2.62. The fraction of sp³-hybridized carbons (Fsp3) is 0.348. The topological polar surface area (TPSA) is 83.0 Å². The third kappa shape index (κ3) is 5.02. The second kappa shape index (κ2) is 7.70. The van der Waals surface area contributed by atoms with Crippen molar-refractivity contribution in [3.8, 4) is 5.75 Å². The molecule has 0 saturated heterocycles. The zero-order valence-electron chi connectivity index (χ0n) is 17.9. The van der Waals surface area contributed by atoms with Crippen LogP contribution >= 0.6 is 0 Å². The molecule has 2 aromatic carbocycles. The van der Waals surface area contributed by atoms with E-state index in [9.17, 15) is 5.11 Å². The first-order valence-corrected chi connectivity index (χ1v) is 9.70. The molecule has 152 valence electrons. The second-order valence-corrected chi connectivity index (χ2v) is 9.17. The quantitative estimate of drug-likeness (QED) is 0.498. The number of phenols is 1. The molecule has 1 aromatic heterocycles. The molecule has 0 amide bonds. The Balaban J connectivity index is 1.95. The molecule has 6 heteroatoms. The van der Waals surface area contributed by atoms with E-state index in [1.54, 1.807) is 0 Å². The molecular weight excluding hydrogens is 362 g/mol. The average molecular weight is 392 g/mol. The first kappa shape index (κ1) is 20.6. The number of rotatable bonds is 4. The van der Waals surface area contributed by atoms with Crippen LogP contribution in [0.25, 0.3) is 0 Å². The van der Waals surface area contributed by atoms with E-state index in [1.165, 1.54) is 6.33 Å². The molecular formula is C23H29N5O. The molecule has 0 bridgehead atoms. The molecule has 3 rings (SSSR count). The van der Waals surface area contributed by atoms with Crippen LogP contribution in [0.5, 0.6) is 5.75 Å². The summed E-state index contributed by atoms with van der Waals surface area (Å²) in [6, 6.07) is 13.7. The summed E-state index contributed by atoms with van der Waals surface area (Å²) in [5.41, 5.74) is 3.07. The summed E-state index contributed by atoms with van der Waals surface area (Å²) in [4.78, 5) is 12.9. The van der Waals surface area contributed by atoms with Gasteiger partial charge in [0.2, 0.25) is 11.9 Å². The van der Waals surface area contributed by atoms with Crippen LogP contribution in [0, 0.1) is 0 Å². The summed E-state index contributed by atoms with van der Waals surface area (Å²) in [6.45, 7) is 12.5. The Morgan fingerprint density at radius 1 is 0.724 bits per heavy atom. The lowest BCUT2D eigenvalue weighted by molar-refractivity contribution is 0.423. The van der Waals surface area contributed by atoms with E-state index in [2.05, 4.69) is 67.1 Å². The molecule has 0 fully saturated rings. The van der Waals surface area contributed by atoms with E-state index in [4.69, 9.17) is 0 Å². The summed E-state index contributed by atoms with van der Waals surface area (Å²) in [5, 5.41) is 17.3. The first-order chi connectivity index (χ1) is 13.5. The van der Waals surface area contributed by atoms with Gasteiger partial charge in [0, 0.05) is 22.5 Å². The van der Waals surface area contributed by atoms with Gasteiger partial charge in [-0.3, -0.25) is 0 Å². The summed E-state index contributed by atoms with van der Waals surface area (Å²) in [6.07, 6.45) is 1.47. The van der Waals surface area contributed by atoms with Crippen molar-refractivity contribution in [2.75, 3.05) is 10.6 Å². The van der Waals surface area contributed by atoms with Gasteiger partial charge in [-0.25, -0.2) is 9.97 Å². The zero-order valence-corrected chi connectivity index (χ0v) is 17.9. The van der Waals surface area contributed by atoms with E-state index < -0.39 is 0 Å². The number of hydrogen-bond acceptors (Lipinski definition) is 6. The van der Waals surface area contributed by atoms with Gasteiger partial charge < -0.3 is 15.7 Å². The van der Waals surface area contributed by atoms with Gasteiger partial charge in [0.15, 0.2) is 0 Å². The predicted octanol–water partition coefficient (Wildman–Crippen LogP) is 5.66. The van der Waals surface area contributed by atoms with Crippen LogP contribution in [-0.2, 0) is 10.8 Å². The number of nitrogens with one attached hydrogen (secondary N) is 2. The van der Waals surface area contributed by atoms with Crippen LogP contribution in [-0.4, -0.2) is 20.1 Å². The number of nitrogens with zero attached hydrogens (tertiary/aromatic N) is 3. The molecule has 3 N–H and O–H groups in total. The molecule has 0 spiro atoms. The maximum absolute atomic E-state index is 10.9. The van der Waals surface area contributed by atoms with Gasteiger partial charge in [-0.15, -0.1) is 0 Å². The minimum atomic E-state index is -0.207. The van der Waals surface area contributed by atoms with E-state index in [1.807, 2.05) is 42.5 Å². The van der Waals surface area contributed by atoms with Gasteiger partial charge in [0.1, 0.15) is 12.1 Å². The molecule has 0 saturated carbocycles. The first-order valence-electron chi connectivity index (χ1n) is 9.70. The normalized spacial score (nSPS) is 11.9. The minimum absolute atomic E-state index is 0.207. The van der Waals surface area contributed by atoms with Gasteiger partial charge in [-0.05, 0) is 35.1 Å². The van der Waals surface area contributed by atoms with E-state index >= 15 is 0 Å². The fourth-order valence-corrected chi connectivity index (χ4v) is 3.05. The fourth-order valence-electron chi connectivity index (χ4n) is 3.05. The smallest absolute Gasteiger partial charge is 0.232 e. The molecule has 0 unspecified atom stereocenters. The molecule has 0 radical (unpaired) electrons. The predicted molar refractivity (Wildman–Crippen MR) is 118 cm³/mol. The Bertz CT molecular complexity index is 953. The van der Waals surface area contributed by atoms with Crippen molar-refractivity contribution in [2.24, 2.45) is 0 Å². The maximum atomic E-state index is 10.9. The number of aromatic nitrogens is 3. The van der Waals surface area contributed by atoms with Crippen molar-refractivity contribution in [1.82, 2.24) is 15.0 Å². The molecule has 6 nitrogen and oxygen atoms in total. The SMILES string of the molecule is CC(C)(C)c1cc(Nc2ncnc(Nc3ccccc3)n2)cc(C(C)(C)C)c1O. The molecule has 29 heavy (non-hydrogen) atoms. The van der Waals surface area contributed by atoms with Gasteiger partial charge in [-0.1, -0.05) is 59.7 Å². The number of anilines is 4. The van der Waals surface area contributed by atoms with Crippen molar-refractivity contribution in [2.45, 2.75) is 52.4 Å². The highest BCUT2D eigenvalue weighted by Gasteiger charge is 2.26. The summed E-state index contributed by atoms with van der Waals surface area (Å²) in [5.74, 6) is 1.24. The Morgan fingerprint density at radius 3 is 1.69 bits per heavy atom. The van der Waals surface area contributed by atoms with Crippen molar-refractivity contribution < 1.29 is 5.11 Å². The lowest BCUT2D eigenvalue weighted by Gasteiger charge is -2.28. The standard InChI is InChI=1S/C23H29N5O/c1-22(2,3)17-12-16(13-18(19(17)29)23(4,5)6)27-21-25-14-24-20(28-21)26-15-10-8-7-9-11-15/h7-14,29H,1-6H3,(H2,24,25,26,27,28). The van der Waals surface area contributed by atoms with Crippen molar-refractivity contribution in [3.05, 3.63) is 59.9 Å². The zero-order chi connectivity index (χ0) is 21.2. The molecule has 0 aliphatic heterocycles. The minimum Gasteiger partial charge on any atom is -0.507 e. The number of hydrogen-bond donors (Lipinski definition) is 3. The highest BCUT2D eigenvalue weighted by Crippen LogP contribution is 2.41. The Morgan fingerprint density at radius 2 is 1.21 bits per heavy atom. The van der Waals surface area contributed by atoms with Crippen LogP contribution in [0.2, 0.25) is 0 Å². The van der Waals surface area contributed by atoms with Gasteiger partial charge in [0.05, 0.1) is 0 Å². The van der Waals surface area contributed by atoms with Crippen LogP contribution < -0.4 is 10.6 Å². The lowest BCUT2D eigenvalue weighted by atomic mass is 9.79. The van der Waals surface area contributed by atoms with Crippen LogP contribution in [0.1, 0.15) is 52.7 Å².